The Labute approximate surface area is 122 Å². The number of piperazine rings is 1. The Morgan fingerprint density at radius 1 is 1.40 bits per heavy atom. The third kappa shape index (κ3) is 4.48. The molecule has 0 aromatic carbocycles. The molecular weight excluding hydrogens is 286 g/mol. The first-order valence-corrected chi connectivity index (χ1v) is 6.21. The van der Waals surface area contributed by atoms with Gasteiger partial charge in [0.25, 0.3) is 5.91 Å². The number of aromatic amines is 1. The van der Waals surface area contributed by atoms with Crippen LogP contribution in [0.15, 0.2) is 12.1 Å². The number of hydrogen-bond acceptors (Lipinski definition) is 5. The molecule has 1 fully saturated rings. The zero-order chi connectivity index (χ0) is 13.7. The van der Waals surface area contributed by atoms with Crippen LogP contribution in [0.3, 0.4) is 0 Å². The molecule has 0 saturated carbocycles. The molecule has 0 atom stereocenters. The molecule has 9 heteroatoms. The topological polar surface area (TPSA) is 103 Å². The fraction of sp³-hybridized carbons (Fsp3) is 0.545. The van der Waals surface area contributed by atoms with Gasteiger partial charge >= 0.3 is 5.82 Å². The number of carbonyl (C=O) groups is 1. The number of H-pyrrole nitrogens is 1. The quantitative estimate of drug-likeness (QED) is 0.524. The summed E-state index contributed by atoms with van der Waals surface area (Å²) in [7, 11) is 0. The van der Waals surface area contributed by atoms with Gasteiger partial charge in [-0.3, -0.25) is 9.69 Å². The van der Waals surface area contributed by atoms with Crippen molar-refractivity contribution in [3.63, 3.8) is 0 Å². The Morgan fingerprint density at radius 3 is 2.70 bits per heavy atom. The highest BCUT2D eigenvalue weighted by molar-refractivity contribution is 5.92. The molecule has 20 heavy (non-hydrogen) atoms. The van der Waals surface area contributed by atoms with Crippen LogP contribution in [0, 0.1) is 10.1 Å². The molecule has 3 N–H and O–H groups in total. The molecule has 0 aliphatic carbocycles. The van der Waals surface area contributed by atoms with Gasteiger partial charge in [-0.1, -0.05) is 0 Å². The van der Waals surface area contributed by atoms with Gasteiger partial charge in [0.1, 0.15) is 0 Å². The van der Waals surface area contributed by atoms with Crippen LogP contribution in [-0.2, 0) is 0 Å². The number of nitrogens with zero attached hydrogens (tertiary/aromatic N) is 2. The highest BCUT2D eigenvalue weighted by Gasteiger charge is 2.15. The molecule has 1 aromatic heterocycles. The second-order valence-corrected chi connectivity index (χ2v) is 4.36. The Morgan fingerprint density at radius 2 is 2.10 bits per heavy atom. The van der Waals surface area contributed by atoms with Crippen LogP contribution in [0.25, 0.3) is 0 Å². The number of nitrogens with one attached hydrogen (secondary N) is 3. The molecule has 2 rings (SSSR count). The molecule has 1 saturated heterocycles. The van der Waals surface area contributed by atoms with E-state index in [-0.39, 0.29) is 29.8 Å². The van der Waals surface area contributed by atoms with Gasteiger partial charge in [-0.05, 0) is 11.0 Å². The van der Waals surface area contributed by atoms with Crippen molar-refractivity contribution in [1.82, 2.24) is 20.5 Å². The minimum atomic E-state index is -0.558. The minimum absolute atomic E-state index is 0. The Kier molecular flexibility index (Phi) is 6.43. The van der Waals surface area contributed by atoms with Gasteiger partial charge in [-0.25, -0.2) is 4.98 Å². The van der Waals surface area contributed by atoms with E-state index in [1.165, 1.54) is 12.1 Å². The van der Waals surface area contributed by atoms with Gasteiger partial charge < -0.3 is 20.7 Å². The van der Waals surface area contributed by atoms with Gasteiger partial charge in [0, 0.05) is 45.3 Å². The van der Waals surface area contributed by atoms with Crippen LogP contribution < -0.4 is 10.6 Å². The number of amides is 1. The summed E-state index contributed by atoms with van der Waals surface area (Å²) in [6, 6.07) is 2.70. The van der Waals surface area contributed by atoms with Gasteiger partial charge in [0.2, 0.25) is 0 Å². The maximum absolute atomic E-state index is 11.7. The predicted molar refractivity (Wildman–Crippen MR) is 76.3 cm³/mol. The van der Waals surface area contributed by atoms with E-state index in [0.717, 1.165) is 32.7 Å². The molecule has 0 spiro atoms. The first kappa shape index (κ1) is 16.4. The normalized spacial score (nSPS) is 15.4. The summed E-state index contributed by atoms with van der Waals surface area (Å²) in [6.07, 6.45) is 0. The predicted octanol–water partition coefficient (Wildman–Crippen LogP) is -0.0203. The van der Waals surface area contributed by atoms with Gasteiger partial charge in [-0.2, -0.15) is 0 Å². The van der Waals surface area contributed by atoms with Crippen molar-refractivity contribution >= 4 is 24.1 Å². The van der Waals surface area contributed by atoms with Crippen LogP contribution in [0.4, 0.5) is 5.82 Å². The summed E-state index contributed by atoms with van der Waals surface area (Å²) < 4.78 is 0. The zero-order valence-corrected chi connectivity index (χ0v) is 11.7. The van der Waals surface area contributed by atoms with Crippen molar-refractivity contribution in [2.75, 3.05) is 39.3 Å². The maximum Gasteiger partial charge on any atom is 0.321 e. The average molecular weight is 304 g/mol. The van der Waals surface area contributed by atoms with Crippen molar-refractivity contribution in [1.29, 1.82) is 0 Å². The molecule has 1 aliphatic heterocycles. The summed E-state index contributed by atoms with van der Waals surface area (Å²) in [5.41, 5.74) is 0.215. The monoisotopic (exact) mass is 303 g/mol. The second-order valence-electron chi connectivity index (χ2n) is 4.36. The summed E-state index contributed by atoms with van der Waals surface area (Å²) >= 11 is 0. The lowest BCUT2D eigenvalue weighted by molar-refractivity contribution is -0.389. The van der Waals surface area contributed by atoms with Crippen LogP contribution in [0.1, 0.15) is 10.5 Å². The third-order valence-corrected chi connectivity index (χ3v) is 3.04. The number of rotatable bonds is 5. The summed E-state index contributed by atoms with van der Waals surface area (Å²) in [6.45, 7) is 5.21. The first-order chi connectivity index (χ1) is 9.16. The van der Waals surface area contributed by atoms with Crippen molar-refractivity contribution in [2.24, 2.45) is 0 Å². The van der Waals surface area contributed by atoms with Gasteiger partial charge in [-0.15, -0.1) is 12.4 Å². The fourth-order valence-electron chi connectivity index (χ4n) is 1.98. The van der Waals surface area contributed by atoms with Gasteiger partial charge in [0.05, 0.1) is 0 Å². The van der Waals surface area contributed by atoms with Crippen LogP contribution >= 0.6 is 12.4 Å². The summed E-state index contributed by atoms with van der Waals surface area (Å²) in [4.78, 5) is 26.4. The van der Waals surface area contributed by atoms with Crippen LogP contribution in [0.5, 0.6) is 0 Å². The molecule has 8 nitrogen and oxygen atoms in total. The minimum Gasteiger partial charge on any atom is -0.358 e. The standard InChI is InChI=1S/C11H17N5O3.ClH/c17-11(9-1-2-10(14-9)16(18)19)13-5-8-15-6-3-12-4-7-15;/h1-2,12,14H,3-8H2,(H,13,17);1H. The SMILES string of the molecule is Cl.O=C(NCCN1CCNCC1)c1ccc([N+](=O)[O-])[nH]1. The number of nitro groups is 1. The van der Waals surface area contributed by atoms with E-state index < -0.39 is 4.92 Å². The Hall–Kier alpha value is -1.64. The number of aromatic nitrogens is 1. The van der Waals surface area contributed by atoms with Crippen LogP contribution in [-0.4, -0.2) is 60.0 Å². The van der Waals surface area contributed by atoms with Crippen molar-refractivity contribution in [2.45, 2.75) is 0 Å². The van der Waals surface area contributed by atoms with Gasteiger partial charge in [0.15, 0.2) is 5.69 Å². The smallest absolute Gasteiger partial charge is 0.321 e. The molecule has 0 radical (unpaired) electrons. The molecule has 1 amide bonds. The number of hydrogen-bond donors (Lipinski definition) is 3. The van der Waals surface area contributed by atoms with E-state index in [4.69, 9.17) is 0 Å². The van der Waals surface area contributed by atoms with E-state index >= 15 is 0 Å². The third-order valence-electron chi connectivity index (χ3n) is 3.04. The van der Waals surface area contributed by atoms with E-state index in [0.29, 0.717) is 6.54 Å². The van der Waals surface area contributed by atoms with E-state index in [2.05, 4.69) is 20.5 Å². The second kappa shape index (κ2) is 7.83. The van der Waals surface area contributed by atoms with E-state index in [9.17, 15) is 14.9 Å². The molecule has 0 bridgehead atoms. The highest BCUT2D eigenvalue weighted by atomic mass is 35.5. The van der Waals surface area contributed by atoms with E-state index in [1.807, 2.05) is 0 Å². The highest BCUT2D eigenvalue weighted by Crippen LogP contribution is 2.09. The molecule has 2 heterocycles. The molecule has 1 aromatic rings. The molecular formula is C11H18ClN5O3. The zero-order valence-electron chi connectivity index (χ0n) is 10.9. The Bertz CT molecular complexity index is 459. The summed E-state index contributed by atoms with van der Waals surface area (Å²) in [5.74, 6) is -0.490. The number of halogens is 1. The molecule has 1 aliphatic rings. The van der Waals surface area contributed by atoms with Crippen molar-refractivity contribution in [3.05, 3.63) is 27.9 Å². The first-order valence-electron chi connectivity index (χ1n) is 6.21. The Balaban J connectivity index is 0.00000200. The van der Waals surface area contributed by atoms with Crippen molar-refractivity contribution < 1.29 is 9.72 Å². The van der Waals surface area contributed by atoms with E-state index in [1.54, 1.807) is 0 Å². The van der Waals surface area contributed by atoms with Crippen LogP contribution in [0.2, 0.25) is 0 Å². The largest absolute Gasteiger partial charge is 0.358 e. The molecule has 0 unspecified atom stereocenters. The average Bonchev–Trinajstić information content (AvgIpc) is 2.89. The maximum atomic E-state index is 11.7. The lowest BCUT2D eigenvalue weighted by atomic mass is 10.3. The lowest BCUT2D eigenvalue weighted by Crippen LogP contribution is -2.46. The fourth-order valence-corrected chi connectivity index (χ4v) is 1.98. The lowest BCUT2D eigenvalue weighted by Gasteiger charge is -2.26. The summed E-state index contributed by atoms with van der Waals surface area (Å²) in [5, 5.41) is 16.5. The molecule has 112 valence electrons. The van der Waals surface area contributed by atoms with Crippen molar-refractivity contribution in [3.8, 4) is 0 Å². The number of carbonyl (C=O) groups excluding carboxylic acids is 1.